The minimum atomic E-state index is 0.0114. The van der Waals surface area contributed by atoms with Gasteiger partial charge in [-0.3, -0.25) is 4.79 Å². The van der Waals surface area contributed by atoms with E-state index < -0.39 is 0 Å². The molecule has 2 N–H and O–H groups in total. The van der Waals surface area contributed by atoms with Crippen LogP contribution in [0.25, 0.3) is 5.65 Å². The van der Waals surface area contributed by atoms with Crippen molar-refractivity contribution in [3.63, 3.8) is 0 Å². The van der Waals surface area contributed by atoms with Crippen LogP contribution in [0.1, 0.15) is 78.7 Å². The molecule has 3 aliphatic rings. The van der Waals surface area contributed by atoms with Crippen LogP contribution in [-0.2, 0) is 11.3 Å². The number of imidazole rings is 1. The highest BCUT2D eigenvalue weighted by Gasteiger charge is 2.40. The molecule has 3 saturated carbocycles. The Morgan fingerprint density at radius 3 is 2.58 bits per heavy atom. The van der Waals surface area contributed by atoms with E-state index >= 15 is 0 Å². The average molecular weight is 479 g/mol. The fourth-order valence-electron chi connectivity index (χ4n) is 5.28. The monoisotopic (exact) mass is 478 g/mol. The Balaban J connectivity index is 0.935. The van der Waals surface area contributed by atoms with Gasteiger partial charge in [-0.05, 0) is 78.5 Å². The number of nitrogens with one attached hydrogen (secondary N) is 2. The van der Waals surface area contributed by atoms with Crippen molar-refractivity contribution in [1.82, 2.24) is 19.4 Å². The third-order valence-corrected chi connectivity index (χ3v) is 7.72. The van der Waals surface area contributed by atoms with Gasteiger partial charge in [0, 0.05) is 24.9 Å². The summed E-state index contributed by atoms with van der Waals surface area (Å²) in [6, 6.07) is 15.0. The van der Waals surface area contributed by atoms with Gasteiger partial charge in [0.15, 0.2) is 0 Å². The lowest BCUT2D eigenvalue weighted by Gasteiger charge is -2.07. The quantitative estimate of drug-likeness (QED) is 0.326. The van der Waals surface area contributed by atoms with Crippen molar-refractivity contribution in [2.24, 2.45) is 5.92 Å². The number of rotatable bonds is 9. The molecule has 182 valence electrons. The van der Waals surface area contributed by atoms with Crippen LogP contribution in [0.3, 0.4) is 0 Å². The Bertz CT molecular complexity index is 1440. The maximum atomic E-state index is 12.7. The van der Waals surface area contributed by atoms with Crippen molar-refractivity contribution in [1.29, 1.82) is 0 Å². The van der Waals surface area contributed by atoms with Crippen molar-refractivity contribution in [3.8, 4) is 0 Å². The molecule has 1 unspecified atom stereocenters. The Hall–Kier alpha value is -3.74. The third kappa shape index (κ3) is 4.70. The molecule has 4 aromatic rings. The topological polar surface area (TPSA) is 84.2 Å². The van der Waals surface area contributed by atoms with Crippen LogP contribution in [0.15, 0.2) is 61.2 Å². The molecule has 1 amide bonds. The van der Waals surface area contributed by atoms with Crippen LogP contribution in [0, 0.1) is 5.92 Å². The van der Waals surface area contributed by atoms with Gasteiger partial charge in [0.25, 0.3) is 0 Å². The molecule has 2 atom stereocenters. The van der Waals surface area contributed by atoms with Crippen LogP contribution in [0.2, 0.25) is 0 Å². The largest absolute Gasteiger partial charge is 0.364 e. The van der Waals surface area contributed by atoms with E-state index in [1.54, 1.807) is 6.07 Å². The van der Waals surface area contributed by atoms with Crippen LogP contribution < -0.4 is 10.6 Å². The van der Waals surface area contributed by atoms with Gasteiger partial charge in [-0.25, -0.2) is 15.0 Å². The summed E-state index contributed by atoms with van der Waals surface area (Å²) in [7, 11) is 0. The molecule has 0 radical (unpaired) electrons. The molecule has 1 aromatic carbocycles. The molecule has 0 spiro atoms. The van der Waals surface area contributed by atoms with E-state index in [0.717, 1.165) is 29.6 Å². The number of benzene rings is 1. The number of amides is 1. The number of carbonyl (C=O) groups is 1. The van der Waals surface area contributed by atoms with Gasteiger partial charge in [-0.2, -0.15) is 0 Å². The third-order valence-electron chi connectivity index (χ3n) is 7.72. The van der Waals surface area contributed by atoms with Crippen molar-refractivity contribution >= 4 is 23.2 Å². The lowest BCUT2D eigenvalue weighted by molar-refractivity contribution is -0.116. The molecule has 3 fully saturated rings. The first-order chi connectivity index (χ1) is 17.7. The predicted molar refractivity (Wildman–Crippen MR) is 139 cm³/mol. The molecular weight excluding hydrogens is 448 g/mol. The van der Waals surface area contributed by atoms with Crippen LogP contribution in [0.5, 0.6) is 0 Å². The molecule has 0 aliphatic heterocycles. The highest BCUT2D eigenvalue weighted by molar-refractivity contribution is 5.90. The fourth-order valence-corrected chi connectivity index (χ4v) is 5.28. The molecule has 36 heavy (non-hydrogen) atoms. The molecule has 0 bridgehead atoms. The molecule has 7 rings (SSSR count). The number of anilines is 2. The second kappa shape index (κ2) is 8.73. The van der Waals surface area contributed by atoms with Gasteiger partial charge in [0.1, 0.15) is 23.6 Å². The second-order valence-corrected chi connectivity index (χ2v) is 10.7. The zero-order valence-electron chi connectivity index (χ0n) is 20.2. The summed E-state index contributed by atoms with van der Waals surface area (Å²) in [4.78, 5) is 25.9. The SMILES string of the molecule is O=C(CC1C[C@@H]1c1cccc(C2CC2)c1)Nc1cc(NCc2cn3cc(C4CC4)ccc3n2)ncn1. The molecule has 3 aromatic heterocycles. The normalized spacial score (nSPS) is 20.9. The summed E-state index contributed by atoms with van der Waals surface area (Å²) >= 11 is 0. The van der Waals surface area contributed by atoms with Crippen LogP contribution in [0.4, 0.5) is 11.6 Å². The van der Waals surface area contributed by atoms with Gasteiger partial charge < -0.3 is 15.0 Å². The molecule has 3 aliphatic carbocycles. The second-order valence-electron chi connectivity index (χ2n) is 10.7. The van der Waals surface area contributed by atoms with E-state index in [1.165, 1.54) is 48.7 Å². The van der Waals surface area contributed by atoms with Gasteiger partial charge in [0.2, 0.25) is 5.91 Å². The van der Waals surface area contributed by atoms with E-state index in [2.05, 4.69) is 73.8 Å². The highest BCUT2D eigenvalue weighted by Crippen LogP contribution is 2.51. The summed E-state index contributed by atoms with van der Waals surface area (Å²) in [5.41, 5.74) is 6.14. The molecular formula is C29H30N6O. The first-order valence-electron chi connectivity index (χ1n) is 13.1. The lowest BCUT2D eigenvalue weighted by atomic mass is 10.0. The van der Waals surface area contributed by atoms with Crippen molar-refractivity contribution in [3.05, 3.63) is 83.6 Å². The van der Waals surface area contributed by atoms with Gasteiger partial charge in [-0.1, -0.05) is 30.3 Å². The average Bonchev–Trinajstić information content (AvgIpc) is 3.75. The summed E-state index contributed by atoms with van der Waals surface area (Å²) in [5, 5.41) is 6.27. The Labute approximate surface area is 210 Å². The van der Waals surface area contributed by atoms with Gasteiger partial charge in [-0.15, -0.1) is 0 Å². The Morgan fingerprint density at radius 1 is 0.917 bits per heavy atom. The van der Waals surface area contributed by atoms with Gasteiger partial charge >= 0.3 is 0 Å². The van der Waals surface area contributed by atoms with Crippen LogP contribution in [-0.4, -0.2) is 25.3 Å². The predicted octanol–water partition coefficient (Wildman–Crippen LogP) is 5.62. The minimum absolute atomic E-state index is 0.0114. The zero-order valence-corrected chi connectivity index (χ0v) is 20.2. The van der Waals surface area contributed by atoms with E-state index in [4.69, 9.17) is 4.98 Å². The number of hydrogen-bond acceptors (Lipinski definition) is 5. The number of hydrogen-bond donors (Lipinski definition) is 2. The minimum Gasteiger partial charge on any atom is -0.364 e. The maximum absolute atomic E-state index is 12.7. The van der Waals surface area contributed by atoms with E-state index in [9.17, 15) is 4.79 Å². The number of fused-ring (bicyclic) bond motifs is 1. The smallest absolute Gasteiger partial charge is 0.225 e. The maximum Gasteiger partial charge on any atom is 0.225 e. The summed E-state index contributed by atoms with van der Waals surface area (Å²) in [6.07, 6.45) is 12.5. The molecule has 0 saturated heterocycles. The summed E-state index contributed by atoms with van der Waals surface area (Å²) < 4.78 is 2.10. The molecule has 7 nitrogen and oxygen atoms in total. The van der Waals surface area contributed by atoms with Crippen LogP contribution >= 0.6 is 0 Å². The zero-order chi connectivity index (χ0) is 24.1. The molecule has 3 heterocycles. The van der Waals surface area contributed by atoms with Crippen molar-refractivity contribution in [2.75, 3.05) is 10.6 Å². The van der Waals surface area contributed by atoms with E-state index in [-0.39, 0.29) is 5.91 Å². The van der Waals surface area contributed by atoms with E-state index in [1.807, 2.05) is 0 Å². The van der Waals surface area contributed by atoms with E-state index in [0.29, 0.717) is 36.4 Å². The fraction of sp³-hybridized carbons (Fsp3) is 0.379. The summed E-state index contributed by atoms with van der Waals surface area (Å²) in [5.74, 6) is 3.59. The summed E-state index contributed by atoms with van der Waals surface area (Å²) in [6.45, 7) is 0.550. The lowest BCUT2D eigenvalue weighted by Crippen LogP contribution is -2.14. The first-order valence-corrected chi connectivity index (χ1v) is 13.1. The molecule has 7 heteroatoms. The number of pyridine rings is 1. The first kappa shape index (κ1) is 21.5. The Kier molecular flexibility index (Phi) is 5.22. The Morgan fingerprint density at radius 2 is 1.72 bits per heavy atom. The number of carbonyl (C=O) groups excluding carboxylic acids is 1. The van der Waals surface area contributed by atoms with Crippen molar-refractivity contribution < 1.29 is 4.79 Å². The number of aromatic nitrogens is 4. The highest BCUT2D eigenvalue weighted by atomic mass is 16.1. The standard InChI is InChI=1S/C29H30N6O/c36-29(12-23-11-25(23)21-3-1-2-20(10-21)18-4-5-18)34-27-13-26(31-17-32-27)30-14-24-16-35-15-22(19-6-7-19)8-9-28(35)33-24/h1-3,8-10,13,15-19,23,25H,4-7,11-12,14H2,(H2,30,31,32,34,36)/t23?,25-/m1/s1. The number of nitrogens with zero attached hydrogens (tertiary/aromatic N) is 4. The van der Waals surface area contributed by atoms with Crippen molar-refractivity contribution in [2.45, 2.75) is 62.8 Å². The van der Waals surface area contributed by atoms with Gasteiger partial charge in [0.05, 0.1) is 12.2 Å².